The number of nitrogens with one attached hydrogen (secondary N) is 2. The zero-order valence-corrected chi connectivity index (χ0v) is 12.8. The second kappa shape index (κ2) is 6.22. The number of rotatable bonds is 5. The van der Waals surface area contributed by atoms with Crippen molar-refractivity contribution in [2.45, 2.75) is 19.8 Å². The van der Waals surface area contributed by atoms with Crippen LogP contribution >= 0.6 is 0 Å². The van der Waals surface area contributed by atoms with Gasteiger partial charge in [0.15, 0.2) is 0 Å². The number of phenolic OH excluding ortho intramolecular Hbond substituents is 1. The van der Waals surface area contributed by atoms with E-state index in [0.29, 0.717) is 19.4 Å². The van der Waals surface area contributed by atoms with Gasteiger partial charge in [-0.2, -0.15) is 8.42 Å². The SMILES string of the molecule is CC(=O)NCCCc1ccc(N2CC(=O)NS2(=O)=O)c(O)c1. The van der Waals surface area contributed by atoms with Crippen molar-refractivity contribution in [3.8, 4) is 5.75 Å². The van der Waals surface area contributed by atoms with Gasteiger partial charge in [0.25, 0.3) is 5.91 Å². The summed E-state index contributed by atoms with van der Waals surface area (Å²) < 4.78 is 26.1. The van der Waals surface area contributed by atoms with Gasteiger partial charge in [-0.1, -0.05) is 6.07 Å². The molecule has 8 nitrogen and oxygen atoms in total. The molecule has 0 aromatic heterocycles. The molecule has 9 heteroatoms. The second-order valence-electron chi connectivity index (χ2n) is 4.95. The standard InChI is InChI=1S/C13H17N3O5S/c1-9(17)14-6-2-3-10-4-5-11(12(18)7-10)16-8-13(19)15-22(16,20)21/h4-5,7,18H,2-3,6,8H2,1H3,(H,14,17)(H,15,19). The van der Waals surface area contributed by atoms with Gasteiger partial charge in [-0.25, -0.2) is 9.03 Å². The molecule has 1 aliphatic rings. The number of hydrogen-bond donors (Lipinski definition) is 3. The lowest BCUT2D eigenvalue weighted by molar-refractivity contribution is -0.119. The molecule has 1 heterocycles. The maximum absolute atomic E-state index is 11.7. The van der Waals surface area contributed by atoms with Crippen LogP contribution in [0.5, 0.6) is 5.75 Å². The van der Waals surface area contributed by atoms with Crippen LogP contribution in [0.15, 0.2) is 18.2 Å². The van der Waals surface area contributed by atoms with E-state index in [1.54, 1.807) is 6.07 Å². The molecule has 0 radical (unpaired) electrons. The zero-order chi connectivity index (χ0) is 16.3. The lowest BCUT2D eigenvalue weighted by Gasteiger charge is -2.16. The Morgan fingerprint density at radius 1 is 1.45 bits per heavy atom. The molecule has 2 rings (SSSR count). The normalized spacial score (nSPS) is 16.4. The number of benzene rings is 1. The molecule has 0 spiro atoms. The number of nitrogens with zero attached hydrogens (tertiary/aromatic N) is 1. The molecule has 1 fully saturated rings. The third kappa shape index (κ3) is 3.67. The molecule has 1 aromatic carbocycles. The Bertz CT molecular complexity index is 702. The van der Waals surface area contributed by atoms with Crippen molar-refractivity contribution in [3.05, 3.63) is 23.8 Å². The Morgan fingerprint density at radius 2 is 2.18 bits per heavy atom. The van der Waals surface area contributed by atoms with E-state index in [0.717, 1.165) is 9.87 Å². The van der Waals surface area contributed by atoms with Crippen molar-refractivity contribution in [3.63, 3.8) is 0 Å². The van der Waals surface area contributed by atoms with E-state index >= 15 is 0 Å². The van der Waals surface area contributed by atoms with Crippen LogP contribution in [0.4, 0.5) is 5.69 Å². The van der Waals surface area contributed by atoms with E-state index in [9.17, 15) is 23.1 Å². The van der Waals surface area contributed by atoms with Gasteiger partial charge in [-0.15, -0.1) is 0 Å². The smallest absolute Gasteiger partial charge is 0.326 e. The topological polar surface area (TPSA) is 116 Å². The van der Waals surface area contributed by atoms with Gasteiger partial charge in [0.05, 0.1) is 5.69 Å². The molecule has 22 heavy (non-hydrogen) atoms. The Balaban J connectivity index is 2.07. The first-order valence-electron chi connectivity index (χ1n) is 6.69. The first-order chi connectivity index (χ1) is 10.3. The Labute approximate surface area is 128 Å². The highest BCUT2D eigenvalue weighted by Crippen LogP contribution is 2.31. The zero-order valence-electron chi connectivity index (χ0n) is 12.0. The summed E-state index contributed by atoms with van der Waals surface area (Å²) in [6.45, 7) is 1.61. The monoisotopic (exact) mass is 327 g/mol. The van der Waals surface area contributed by atoms with E-state index in [2.05, 4.69) is 5.32 Å². The summed E-state index contributed by atoms with van der Waals surface area (Å²) in [5, 5.41) is 12.7. The number of carbonyl (C=O) groups is 2. The van der Waals surface area contributed by atoms with E-state index in [4.69, 9.17) is 0 Å². The minimum absolute atomic E-state index is 0.0592. The van der Waals surface area contributed by atoms with Crippen LogP contribution in [0.3, 0.4) is 0 Å². The average molecular weight is 327 g/mol. The van der Waals surface area contributed by atoms with Crippen LogP contribution in [0.2, 0.25) is 0 Å². The summed E-state index contributed by atoms with van der Waals surface area (Å²) in [5.41, 5.74) is 0.867. The van der Waals surface area contributed by atoms with Crippen LogP contribution in [-0.4, -0.2) is 38.4 Å². The molecular formula is C13H17N3O5S. The summed E-state index contributed by atoms with van der Waals surface area (Å²) in [6.07, 6.45) is 1.32. The molecule has 0 unspecified atom stereocenters. The van der Waals surface area contributed by atoms with Gasteiger partial charge in [0.1, 0.15) is 12.3 Å². The molecule has 1 aromatic rings. The maximum Gasteiger partial charge on any atom is 0.326 e. The number of amides is 2. The average Bonchev–Trinajstić information content (AvgIpc) is 2.67. The Morgan fingerprint density at radius 3 is 2.73 bits per heavy atom. The fraction of sp³-hybridized carbons (Fsp3) is 0.385. The van der Waals surface area contributed by atoms with Crippen LogP contribution in [0.1, 0.15) is 18.9 Å². The van der Waals surface area contributed by atoms with Gasteiger partial charge in [0.2, 0.25) is 5.91 Å². The molecule has 3 N–H and O–H groups in total. The van der Waals surface area contributed by atoms with Crippen molar-refractivity contribution in [1.29, 1.82) is 0 Å². The minimum Gasteiger partial charge on any atom is -0.506 e. The van der Waals surface area contributed by atoms with Gasteiger partial charge >= 0.3 is 10.2 Å². The molecule has 0 aliphatic carbocycles. The number of aryl methyl sites for hydroxylation is 1. The quantitative estimate of drug-likeness (QED) is 0.639. The van der Waals surface area contributed by atoms with E-state index < -0.39 is 16.1 Å². The summed E-state index contributed by atoms with van der Waals surface area (Å²) in [7, 11) is -3.93. The predicted molar refractivity (Wildman–Crippen MR) is 79.5 cm³/mol. The first-order valence-corrected chi connectivity index (χ1v) is 8.13. The maximum atomic E-state index is 11.7. The highest BCUT2D eigenvalue weighted by molar-refractivity contribution is 7.92. The third-order valence-electron chi connectivity index (χ3n) is 3.14. The van der Waals surface area contributed by atoms with Crippen LogP contribution in [0, 0.1) is 0 Å². The highest BCUT2D eigenvalue weighted by Gasteiger charge is 2.35. The summed E-state index contributed by atoms with van der Waals surface area (Å²) in [5.74, 6) is -0.953. The van der Waals surface area contributed by atoms with Crippen molar-refractivity contribution < 1.29 is 23.1 Å². The fourth-order valence-corrected chi connectivity index (χ4v) is 3.32. The molecule has 0 atom stereocenters. The summed E-state index contributed by atoms with van der Waals surface area (Å²) in [6, 6.07) is 4.60. The molecular weight excluding hydrogens is 310 g/mol. The van der Waals surface area contributed by atoms with Crippen molar-refractivity contribution in [1.82, 2.24) is 10.0 Å². The highest BCUT2D eigenvalue weighted by atomic mass is 32.2. The van der Waals surface area contributed by atoms with Crippen LogP contribution in [0.25, 0.3) is 0 Å². The lowest BCUT2D eigenvalue weighted by atomic mass is 10.1. The van der Waals surface area contributed by atoms with Crippen LogP contribution in [-0.2, 0) is 26.2 Å². The van der Waals surface area contributed by atoms with Crippen molar-refractivity contribution in [2.24, 2.45) is 0 Å². The van der Waals surface area contributed by atoms with Gasteiger partial charge < -0.3 is 10.4 Å². The first kappa shape index (κ1) is 16.1. The fourth-order valence-electron chi connectivity index (χ4n) is 2.15. The molecule has 1 aliphatic heterocycles. The number of carbonyl (C=O) groups excluding carboxylic acids is 2. The second-order valence-corrected chi connectivity index (χ2v) is 6.54. The lowest BCUT2D eigenvalue weighted by Crippen LogP contribution is -2.29. The molecule has 0 saturated carbocycles. The summed E-state index contributed by atoms with van der Waals surface area (Å²) >= 11 is 0. The Hall–Kier alpha value is -2.29. The van der Waals surface area contributed by atoms with Crippen molar-refractivity contribution >= 4 is 27.7 Å². The molecule has 0 bridgehead atoms. The van der Waals surface area contributed by atoms with Gasteiger partial charge in [-0.3, -0.25) is 9.59 Å². The number of anilines is 1. The minimum atomic E-state index is -3.93. The van der Waals surface area contributed by atoms with E-state index in [1.165, 1.54) is 19.1 Å². The number of aromatic hydroxyl groups is 1. The van der Waals surface area contributed by atoms with Gasteiger partial charge in [-0.05, 0) is 30.5 Å². The van der Waals surface area contributed by atoms with E-state index in [-0.39, 0.29) is 23.9 Å². The predicted octanol–water partition coefficient (Wildman–Crippen LogP) is -0.358. The number of phenols is 1. The largest absolute Gasteiger partial charge is 0.506 e. The van der Waals surface area contributed by atoms with E-state index in [1.807, 2.05) is 4.72 Å². The third-order valence-corrected chi connectivity index (χ3v) is 4.54. The number of hydrogen-bond acceptors (Lipinski definition) is 5. The van der Waals surface area contributed by atoms with Crippen LogP contribution < -0.4 is 14.3 Å². The van der Waals surface area contributed by atoms with Gasteiger partial charge in [0, 0.05) is 13.5 Å². The molecule has 120 valence electrons. The Kier molecular flexibility index (Phi) is 4.55. The molecule has 1 saturated heterocycles. The summed E-state index contributed by atoms with van der Waals surface area (Å²) in [4.78, 5) is 21.9. The molecule has 2 amide bonds. The van der Waals surface area contributed by atoms with Crippen molar-refractivity contribution in [2.75, 3.05) is 17.4 Å².